The van der Waals surface area contributed by atoms with E-state index < -0.39 is 6.04 Å². The highest BCUT2D eigenvalue weighted by Crippen LogP contribution is 2.27. The molecule has 2 heterocycles. The minimum atomic E-state index is -0.426. The summed E-state index contributed by atoms with van der Waals surface area (Å²) in [4.78, 5) is 24.9. The lowest BCUT2D eigenvalue weighted by Gasteiger charge is -2.20. The Morgan fingerprint density at radius 1 is 1.50 bits per heavy atom. The van der Waals surface area contributed by atoms with Crippen molar-refractivity contribution in [1.82, 2.24) is 10.2 Å². The van der Waals surface area contributed by atoms with Crippen LogP contribution in [0.3, 0.4) is 0 Å². The first-order valence-electron chi connectivity index (χ1n) is 5.37. The molecule has 1 saturated heterocycles. The molecule has 1 fully saturated rings. The van der Waals surface area contributed by atoms with E-state index in [0.29, 0.717) is 6.54 Å². The number of nitrogens with zero attached hydrogens (tertiary/aromatic N) is 1. The van der Waals surface area contributed by atoms with Crippen molar-refractivity contribution >= 4 is 23.3 Å². The lowest BCUT2D eigenvalue weighted by Crippen LogP contribution is -2.30. The maximum atomic E-state index is 11.7. The first-order valence-corrected chi connectivity index (χ1v) is 6.32. The Morgan fingerprint density at radius 3 is 2.94 bits per heavy atom. The monoisotopic (exact) mass is 238 g/mol. The Bertz CT molecular complexity index is 389. The van der Waals surface area contributed by atoms with Gasteiger partial charge in [0, 0.05) is 6.54 Å². The van der Waals surface area contributed by atoms with E-state index >= 15 is 0 Å². The third-order valence-corrected chi connectivity index (χ3v) is 3.36. The number of amides is 3. The Balaban J connectivity index is 2.19. The number of unbranched alkanes of at least 4 members (excludes halogenated alkanes) is 1. The smallest absolute Gasteiger partial charge is 0.308 e. The summed E-state index contributed by atoms with van der Waals surface area (Å²) in [7, 11) is 0. The van der Waals surface area contributed by atoms with Crippen LogP contribution in [0.4, 0.5) is 4.79 Å². The average molecular weight is 238 g/mol. The van der Waals surface area contributed by atoms with Crippen LogP contribution >= 0.6 is 11.3 Å². The van der Waals surface area contributed by atoms with Gasteiger partial charge in [-0.1, -0.05) is 13.3 Å². The molecule has 1 atom stereocenters. The molecule has 1 aliphatic heterocycles. The van der Waals surface area contributed by atoms with E-state index in [1.54, 1.807) is 4.90 Å². The van der Waals surface area contributed by atoms with Crippen LogP contribution < -0.4 is 5.32 Å². The molecule has 1 aliphatic rings. The molecule has 2 rings (SSSR count). The summed E-state index contributed by atoms with van der Waals surface area (Å²) < 4.78 is 0. The molecule has 16 heavy (non-hydrogen) atoms. The number of imide groups is 1. The van der Waals surface area contributed by atoms with Crippen LogP contribution in [0.15, 0.2) is 16.8 Å². The van der Waals surface area contributed by atoms with Crippen molar-refractivity contribution in [3.63, 3.8) is 0 Å². The molecule has 0 unspecified atom stereocenters. The number of hydrogen-bond acceptors (Lipinski definition) is 3. The third-order valence-electron chi connectivity index (χ3n) is 2.66. The van der Waals surface area contributed by atoms with Gasteiger partial charge in [0.2, 0.25) is 0 Å². The first-order chi connectivity index (χ1) is 7.74. The van der Waals surface area contributed by atoms with Crippen LogP contribution in [-0.4, -0.2) is 23.4 Å². The fourth-order valence-electron chi connectivity index (χ4n) is 1.83. The topological polar surface area (TPSA) is 49.4 Å². The zero-order valence-electron chi connectivity index (χ0n) is 9.10. The van der Waals surface area contributed by atoms with Crippen LogP contribution in [-0.2, 0) is 4.79 Å². The number of nitrogens with one attached hydrogen (secondary N) is 1. The number of carbonyl (C=O) groups is 2. The molecule has 1 aromatic heterocycles. The maximum Gasteiger partial charge on any atom is 0.325 e. The Hall–Kier alpha value is -1.36. The van der Waals surface area contributed by atoms with E-state index in [9.17, 15) is 9.59 Å². The summed E-state index contributed by atoms with van der Waals surface area (Å²) in [6.45, 7) is 2.70. The van der Waals surface area contributed by atoms with Crippen molar-refractivity contribution in [2.24, 2.45) is 0 Å². The molecule has 0 aliphatic carbocycles. The summed E-state index contributed by atoms with van der Waals surface area (Å²) >= 11 is 1.54. The molecule has 0 bridgehead atoms. The number of carbonyl (C=O) groups excluding carboxylic acids is 2. The Morgan fingerprint density at radius 2 is 2.31 bits per heavy atom. The van der Waals surface area contributed by atoms with Crippen molar-refractivity contribution in [3.8, 4) is 0 Å². The second-order valence-electron chi connectivity index (χ2n) is 3.80. The second kappa shape index (κ2) is 4.65. The standard InChI is InChI=1S/C11H14N2O2S/c1-2-3-5-13-9(8-4-6-16-7-8)10(14)12-11(13)15/h4,6-7,9H,2-3,5H2,1H3,(H,12,14,15)/t9-/m1/s1. The van der Waals surface area contributed by atoms with Gasteiger partial charge in [0.25, 0.3) is 5.91 Å². The van der Waals surface area contributed by atoms with Crippen LogP contribution in [0.2, 0.25) is 0 Å². The maximum absolute atomic E-state index is 11.7. The van der Waals surface area contributed by atoms with Gasteiger partial charge < -0.3 is 4.90 Å². The van der Waals surface area contributed by atoms with E-state index in [-0.39, 0.29) is 11.9 Å². The number of rotatable bonds is 4. The number of thiophene rings is 1. The highest BCUT2D eigenvalue weighted by Gasteiger charge is 2.38. The summed E-state index contributed by atoms with van der Waals surface area (Å²) in [5.74, 6) is -0.209. The van der Waals surface area contributed by atoms with E-state index in [0.717, 1.165) is 18.4 Å². The van der Waals surface area contributed by atoms with Crippen molar-refractivity contribution < 1.29 is 9.59 Å². The molecule has 86 valence electrons. The van der Waals surface area contributed by atoms with E-state index in [2.05, 4.69) is 12.2 Å². The van der Waals surface area contributed by atoms with Crippen LogP contribution in [0.1, 0.15) is 31.4 Å². The zero-order valence-corrected chi connectivity index (χ0v) is 9.92. The molecule has 1 N–H and O–H groups in total. The summed E-state index contributed by atoms with van der Waals surface area (Å²) in [5, 5.41) is 6.21. The van der Waals surface area contributed by atoms with Gasteiger partial charge in [-0.25, -0.2) is 4.79 Å². The predicted molar refractivity (Wildman–Crippen MR) is 62.2 cm³/mol. The predicted octanol–water partition coefficient (Wildman–Crippen LogP) is 2.14. The number of hydrogen-bond donors (Lipinski definition) is 1. The van der Waals surface area contributed by atoms with Gasteiger partial charge in [-0.3, -0.25) is 10.1 Å². The quantitative estimate of drug-likeness (QED) is 0.817. The molecule has 5 heteroatoms. The molecule has 0 spiro atoms. The van der Waals surface area contributed by atoms with Gasteiger partial charge in [-0.15, -0.1) is 0 Å². The lowest BCUT2D eigenvalue weighted by molar-refractivity contribution is -0.121. The van der Waals surface area contributed by atoms with Crippen LogP contribution in [0.5, 0.6) is 0 Å². The van der Waals surface area contributed by atoms with Gasteiger partial charge in [0.05, 0.1) is 0 Å². The van der Waals surface area contributed by atoms with Crippen molar-refractivity contribution in [2.45, 2.75) is 25.8 Å². The highest BCUT2D eigenvalue weighted by molar-refractivity contribution is 7.08. The van der Waals surface area contributed by atoms with Gasteiger partial charge >= 0.3 is 6.03 Å². The number of urea groups is 1. The first kappa shape index (κ1) is 11.1. The van der Waals surface area contributed by atoms with Gasteiger partial charge in [-0.2, -0.15) is 11.3 Å². The lowest BCUT2D eigenvalue weighted by atomic mass is 10.1. The van der Waals surface area contributed by atoms with E-state index in [1.165, 1.54) is 11.3 Å². The van der Waals surface area contributed by atoms with Crippen molar-refractivity contribution in [3.05, 3.63) is 22.4 Å². The Labute approximate surface area is 98.3 Å². The molecular formula is C11H14N2O2S. The fourth-order valence-corrected chi connectivity index (χ4v) is 2.50. The normalized spacial score (nSPS) is 20.3. The minimum absolute atomic E-state index is 0.209. The summed E-state index contributed by atoms with van der Waals surface area (Å²) in [6, 6.07) is 1.20. The van der Waals surface area contributed by atoms with Gasteiger partial charge in [-0.05, 0) is 28.8 Å². The van der Waals surface area contributed by atoms with Gasteiger partial charge in [0.1, 0.15) is 6.04 Å². The largest absolute Gasteiger partial charge is 0.325 e. The van der Waals surface area contributed by atoms with Crippen LogP contribution in [0.25, 0.3) is 0 Å². The van der Waals surface area contributed by atoms with Crippen molar-refractivity contribution in [2.75, 3.05) is 6.54 Å². The van der Waals surface area contributed by atoms with Gasteiger partial charge in [0.15, 0.2) is 0 Å². The minimum Gasteiger partial charge on any atom is -0.308 e. The fraction of sp³-hybridized carbons (Fsp3) is 0.455. The third kappa shape index (κ3) is 1.95. The van der Waals surface area contributed by atoms with Crippen LogP contribution in [0, 0.1) is 0 Å². The molecule has 0 saturated carbocycles. The van der Waals surface area contributed by atoms with Crippen molar-refractivity contribution in [1.29, 1.82) is 0 Å². The molecule has 0 radical (unpaired) electrons. The summed E-state index contributed by atoms with van der Waals surface area (Å²) in [5.41, 5.74) is 0.907. The van der Waals surface area contributed by atoms with E-state index in [4.69, 9.17) is 0 Å². The molecule has 0 aromatic carbocycles. The average Bonchev–Trinajstić information content (AvgIpc) is 2.83. The SMILES string of the molecule is CCCCN1C(=O)NC(=O)[C@H]1c1ccsc1. The van der Waals surface area contributed by atoms with E-state index in [1.807, 2.05) is 16.8 Å². The summed E-state index contributed by atoms with van der Waals surface area (Å²) in [6.07, 6.45) is 1.93. The molecule has 4 nitrogen and oxygen atoms in total. The second-order valence-corrected chi connectivity index (χ2v) is 4.58. The zero-order chi connectivity index (χ0) is 11.5. The molecular weight excluding hydrogens is 224 g/mol. The Kier molecular flexibility index (Phi) is 3.24. The highest BCUT2D eigenvalue weighted by atomic mass is 32.1. The molecule has 3 amide bonds. The molecule has 1 aromatic rings.